The van der Waals surface area contributed by atoms with Crippen molar-refractivity contribution in [2.45, 2.75) is 18.7 Å². The maximum absolute atomic E-state index is 13.9. The zero-order valence-electron chi connectivity index (χ0n) is 16.4. The van der Waals surface area contributed by atoms with E-state index >= 15 is 0 Å². The van der Waals surface area contributed by atoms with Crippen LogP contribution in [0.1, 0.15) is 17.0 Å². The summed E-state index contributed by atoms with van der Waals surface area (Å²) in [7, 11) is -2.27. The predicted octanol–water partition coefficient (Wildman–Crippen LogP) is 1.86. The van der Waals surface area contributed by atoms with Gasteiger partial charge in [-0.15, -0.1) is 0 Å². The van der Waals surface area contributed by atoms with Crippen molar-refractivity contribution in [2.75, 3.05) is 26.2 Å². The summed E-state index contributed by atoms with van der Waals surface area (Å²) < 4.78 is 55.0. The fraction of sp³-hybridized carbons (Fsp3) is 0.368. The van der Waals surface area contributed by atoms with E-state index in [4.69, 9.17) is 0 Å². The second kappa shape index (κ2) is 8.03. The zero-order valence-corrected chi connectivity index (χ0v) is 17.2. The highest BCUT2D eigenvalue weighted by Gasteiger charge is 2.31. The van der Waals surface area contributed by atoms with Crippen molar-refractivity contribution in [2.24, 2.45) is 7.05 Å². The van der Waals surface area contributed by atoms with Crippen LogP contribution in [-0.2, 0) is 21.9 Å². The Morgan fingerprint density at radius 2 is 1.79 bits per heavy atom. The average Bonchev–Trinajstić information content (AvgIpc) is 2.91. The van der Waals surface area contributed by atoms with Gasteiger partial charge in [-0.3, -0.25) is 9.48 Å². The number of rotatable bonds is 4. The van der Waals surface area contributed by atoms with Crippen molar-refractivity contribution in [3.63, 3.8) is 0 Å². The summed E-state index contributed by atoms with van der Waals surface area (Å²) >= 11 is 0. The van der Waals surface area contributed by atoms with Gasteiger partial charge < -0.3 is 4.90 Å². The highest BCUT2D eigenvalue weighted by atomic mass is 32.2. The highest BCUT2D eigenvalue weighted by Crippen LogP contribution is 2.21. The minimum atomic E-state index is -4.10. The normalized spacial score (nSPS) is 16.0. The first kappa shape index (κ1) is 21.1. The lowest BCUT2D eigenvalue weighted by atomic mass is 10.2. The average molecular weight is 424 g/mol. The number of nitrogens with zero attached hydrogens (tertiary/aromatic N) is 4. The molecule has 29 heavy (non-hydrogen) atoms. The minimum absolute atomic E-state index is 0.0314. The van der Waals surface area contributed by atoms with Crippen LogP contribution in [0.25, 0.3) is 6.08 Å². The molecule has 3 rings (SSSR count). The van der Waals surface area contributed by atoms with Crippen LogP contribution in [0.3, 0.4) is 0 Å². The third-order valence-corrected chi connectivity index (χ3v) is 6.95. The lowest BCUT2D eigenvalue weighted by molar-refractivity contribution is -0.127. The smallest absolute Gasteiger partial charge is 0.246 e. The van der Waals surface area contributed by atoms with Gasteiger partial charge >= 0.3 is 0 Å². The van der Waals surface area contributed by atoms with Crippen LogP contribution in [0.4, 0.5) is 8.78 Å². The van der Waals surface area contributed by atoms with E-state index in [0.717, 1.165) is 33.4 Å². The van der Waals surface area contributed by atoms with E-state index in [9.17, 15) is 22.0 Å². The van der Waals surface area contributed by atoms with Crippen molar-refractivity contribution in [3.05, 3.63) is 52.9 Å². The van der Waals surface area contributed by atoms with Crippen LogP contribution < -0.4 is 0 Å². The van der Waals surface area contributed by atoms with E-state index in [1.54, 1.807) is 10.8 Å². The van der Waals surface area contributed by atoms with Gasteiger partial charge in [0.2, 0.25) is 15.9 Å². The third kappa shape index (κ3) is 4.23. The van der Waals surface area contributed by atoms with Crippen molar-refractivity contribution < 1.29 is 22.0 Å². The first-order valence-electron chi connectivity index (χ1n) is 9.03. The van der Waals surface area contributed by atoms with Gasteiger partial charge in [0.15, 0.2) is 0 Å². The third-order valence-electron chi connectivity index (χ3n) is 5.02. The summed E-state index contributed by atoms with van der Waals surface area (Å²) in [5, 5.41) is 4.29. The van der Waals surface area contributed by atoms with E-state index in [1.807, 2.05) is 20.9 Å². The first-order valence-corrected chi connectivity index (χ1v) is 10.5. The Labute approximate surface area is 168 Å². The molecule has 1 aromatic carbocycles. The first-order chi connectivity index (χ1) is 13.6. The lowest BCUT2D eigenvalue weighted by Gasteiger charge is -2.33. The molecule has 1 aromatic heterocycles. The number of aryl methyl sites for hydroxylation is 2. The van der Waals surface area contributed by atoms with Gasteiger partial charge in [-0.1, -0.05) is 0 Å². The maximum atomic E-state index is 13.9. The lowest BCUT2D eigenvalue weighted by Crippen LogP contribution is -2.50. The Morgan fingerprint density at radius 1 is 1.14 bits per heavy atom. The maximum Gasteiger partial charge on any atom is 0.246 e. The Balaban J connectivity index is 1.67. The van der Waals surface area contributed by atoms with Crippen LogP contribution in [-0.4, -0.2) is 59.5 Å². The van der Waals surface area contributed by atoms with Gasteiger partial charge in [0.25, 0.3) is 0 Å². The quantitative estimate of drug-likeness (QED) is 0.703. The van der Waals surface area contributed by atoms with Crippen molar-refractivity contribution >= 4 is 22.0 Å². The van der Waals surface area contributed by atoms with E-state index in [1.165, 1.54) is 11.0 Å². The molecule has 1 aliphatic rings. The van der Waals surface area contributed by atoms with Crippen LogP contribution in [0.5, 0.6) is 0 Å². The largest absolute Gasteiger partial charge is 0.337 e. The monoisotopic (exact) mass is 424 g/mol. The van der Waals surface area contributed by atoms with Gasteiger partial charge in [0.05, 0.1) is 5.69 Å². The number of carbonyl (C=O) groups is 1. The second-order valence-corrected chi connectivity index (χ2v) is 8.75. The summed E-state index contributed by atoms with van der Waals surface area (Å²) in [4.78, 5) is 13.4. The van der Waals surface area contributed by atoms with Gasteiger partial charge in [-0.2, -0.15) is 9.40 Å². The number of hydrogen-bond donors (Lipinski definition) is 0. The molecule has 7 nitrogen and oxygen atoms in total. The molecule has 0 N–H and O–H groups in total. The molecule has 1 aliphatic heterocycles. The number of piperazine rings is 1. The fourth-order valence-electron chi connectivity index (χ4n) is 3.26. The molecule has 2 aromatic rings. The molecular formula is C19H22F2N4O3S. The number of aromatic nitrogens is 2. The molecule has 0 atom stereocenters. The van der Waals surface area contributed by atoms with Crippen molar-refractivity contribution in [1.29, 1.82) is 0 Å². The Hall–Kier alpha value is -2.59. The highest BCUT2D eigenvalue weighted by molar-refractivity contribution is 7.89. The molecule has 0 spiro atoms. The van der Waals surface area contributed by atoms with E-state index in [-0.39, 0.29) is 32.1 Å². The molecule has 2 heterocycles. The SMILES string of the molecule is Cc1nn(C)c(C)c1C=CC(=O)N1CCN(S(=O)(=O)c2ccc(F)cc2F)CC1. The van der Waals surface area contributed by atoms with E-state index in [0.29, 0.717) is 6.07 Å². The number of benzene rings is 1. The van der Waals surface area contributed by atoms with Gasteiger partial charge in [0, 0.05) is 56.6 Å². The van der Waals surface area contributed by atoms with E-state index in [2.05, 4.69) is 5.10 Å². The van der Waals surface area contributed by atoms with E-state index < -0.39 is 26.6 Å². The van der Waals surface area contributed by atoms with Crippen molar-refractivity contribution in [1.82, 2.24) is 19.0 Å². The van der Waals surface area contributed by atoms with Crippen LogP contribution in [0.2, 0.25) is 0 Å². The molecule has 1 amide bonds. The Morgan fingerprint density at radius 3 is 2.34 bits per heavy atom. The Bertz CT molecular complexity index is 1070. The number of amides is 1. The minimum Gasteiger partial charge on any atom is -0.337 e. The number of carbonyl (C=O) groups excluding carboxylic acids is 1. The number of halogens is 2. The second-order valence-electron chi connectivity index (χ2n) is 6.85. The van der Waals surface area contributed by atoms with Gasteiger partial charge in [0.1, 0.15) is 16.5 Å². The molecule has 0 radical (unpaired) electrons. The molecule has 0 bridgehead atoms. The zero-order chi connectivity index (χ0) is 21.3. The molecule has 1 fully saturated rings. The molecule has 0 saturated carbocycles. The summed E-state index contributed by atoms with van der Waals surface area (Å²) in [5.74, 6) is -2.21. The van der Waals surface area contributed by atoms with Crippen LogP contribution in [0, 0.1) is 25.5 Å². The summed E-state index contributed by atoms with van der Waals surface area (Å²) in [5.41, 5.74) is 2.61. The molecule has 0 unspecified atom stereocenters. The summed E-state index contributed by atoms with van der Waals surface area (Å²) in [6, 6.07) is 2.36. The van der Waals surface area contributed by atoms with Crippen molar-refractivity contribution in [3.8, 4) is 0 Å². The molecule has 156 valence electrons. The standard InChI is InChI=1S/C19H22F2N4O3S/c1-13-16(14(2)23(3)22-13)5-7-19(26)24-8-10-25(11-9-24)29(27,28)18-6-4-15(20)12-17(18)21/h4-7,12H,8-11H2,1-3H3. The topological polar surface area (TPSA) is 75.5 Å². The molecular weight excluding hydrogens is 402 g/mol. The van der Waals surface area contributed by atoms with Crippen LogP contribution >= 0.6 is 0 Å². The van der Waals surface area contributed by atoms with Crippen LogP contribution in [0.15, 0.2) is 29.2 Å². The number of sulfonamides is 1. The summed E-state index contributed by atoms with van der Waals surface area (Å²) in [6.07, 6.45) is 3.15. The fourth-order valence-corrected chi connectivity index (χ4v) is 4.73. The molecule has 10 heteroatoms. The predicted molar refractivity (Wildman–Crippen MR) is 103 cm³/mol. The Kier molecular flexibility index (Phi) is 5.85. The summed E-state index contributed by atoms with van der Waals surface area (Å²) in [6.45, 7) is 4.18. The molecule has 0 aliphatic carbocycles. The van der Waals surface area contributed by atoms with Gasteiger partial charge in [-0.05, 0) is 32.1 Å². The van der Waals surface area contributed by atoms with Gasteiger partial charge in [-0.25, -0.2) is 17.2 Å². The molecule has 1 saturated heterocycles. The number of hydrogen-bond acceptors (Lipinski definition) is 4.